The predicted octanol–water partition coefficient (Wildman–Crippen LogP) is 3.07. The lowest BCUT2D eigenvalue weighted by molar-refractivity contribution is 0.129. The zero-order valence-corrected chi connectivity index (χ0v) is 10.3. The number of rotatable bonds is 8. The maximum Gasteiger partial charge on any atom is 0.0466 e. The number of unbranched alkanes of at least 4 members (excludes halogenated alkanes) is 2. The minimum absolute atomic E-state index is 0.937. The van der Waals surface area contributed by atoms with Gasteiger partial charge < -0.3 is 9.64 Å². The molecule has 2 nitrogen and oxygen atoms in total. The van der Waals surface area contributed by atoms with E-state index in [0.717, 1.165) is 19.6 Å². The first-order valence-corrected chi connectivity index (χ1v) is 6.73. The van der Waals surface area contributed by atoms with Gasteiger partial charge in [0.15, 0.2) is 0 Å². The summed E-state index contributed by atoms with van der Waals surface area (Å²) >= 11 is 0. The monoisotopic (exact) mass is 213 g/mol. The van der Waals surface area contributed by atoms with Gasteiger partial charge in [0.25, 0.3) is 0 Å². The van der Waals surface area contributed by atoms with Crippen molar-refractivity contribution < 1.29 is 4.74 Å². The molecule has 1 aliphatic heterocycles. The minimum Gasteiger partial charge on any atom is -0.381 e. The molecule has 2 heteroatoms. The molecule has 1 aliphatic rings. The molecule has 0 radical (unpaired) electrons. The third-order valence-electron chi connectivity index (χ3n) is 3.06. The molecule has 0 bridgehead atoms. The van der Waals surface area contributed by atoms with E-state index in [2.05, 4.69) is 11.8 Å². The summed E-state index contributed by atoms with van der Waals surface area (Å²) < 4.78 is 5.46. The lowest BCUT2D eigenvalue weighted by Crippen LogP contribution is -2.30. The topological polar surface area (TPSA) is 12.5 Å². The van der Waals surface area contributed by atoms with Crippen molar-refractivity contribution in [2.24, 2.45) is 0 Å². The molecule has 1 rings (SSSR count). The van der Waals surface area contributed by atoms with Crippen molar-refractivity contribution in [3.8, 4) is 0 Å². The quantitative estimate of drug-likeness (QED) is 0.575. The van der Waals surface area contributed by atoms with Crippen LogP contribution in [0.3, 0.4) is 0 Å². The van der Waals surface area contributed by atoms with Gasteiger partial charge in [0, 0.05) is 13.2 Å². The second-order valence-corrected chi connectivity index (χ2v) is 4.58. The lowest BCUT2D eigenvalue weighted by atomic mass is 10.1. The molecule has 0 atom stereocenters. The van der Waals surface area contributed by atoms with Gasteiger partial charge >= 0.3 is 0 Å². The van der Waals surface area contributed by atoms with Crippen LogP contribution < -0.4 is 0 Å². The SMILES string of the molecule is CCCOCCCCCN1CCCCC1. The van der Waals surface area contributed by atoms with Crippen LogP contribution in [0.4, 0.5) is 0 Å². The van der Waals surface area contributed by atoms with Gasteiger partial charge in [-0.15, -0.1) is 0 Å². The first kappa shape index (κ1) is 13.0. The van der Waals surface area contributed by atoms with E-state index in [4.69, 9.17) is 4.74 Å². The summed E-state index contributed by atoms with van der Waals surface area (Å²) in [6.07, 6.45) is 9.36. The highest BCUT2D eigenvalue weighted by Crippen LogP contribution is 2.09. The third-order valence-corrected chi connectivity index (χ3v) is 3.06. The van der Waals surface area contributed by atoms with Gasteiger partial charge in [0.1, 0.15) is 0 Å². The number of likely N-dealkylation sites (tertiary alicyclic amines) is 1. The lowest BCUT2D eigenvalue weighted by Gasteiger charge is -2.26. The fraction of sp³-hybridized carbons (Fsp3) is 1.00. The molecule has 0 unspecified atom stereocenters. The first-order chi connectivity index (χ1) is 7.43. The van der Waals surface area contributed by atoms with Crippen molar-refractivity contribution in [2.75, 3.05) is 32.8 Å². The molecule has 0 aromatic carbocycles. The average molecular weight is 213 g/mol. The van der Waals surface area contributed by atoms with Gasteiger partial charge in [-0.05, 0) is 58.2 Å². The smallest absolute Gasteiger partial charge is 0.0466 e. The summed E-state index contributed by atoms with van der Waals surface area (Å²) in [5.74, 6) is 0. The molecule has 0 spiro atoms. The summed E-state index contributed by atoms with van der Waals surface area (Å²) in [5, 5.41) is 0. The molecule has 0 N–H and O–H groups in total. The Morgan fingerprint density at radius 1 is 0.933 bits per heavy atom. The Labute approximate surface area is 95.0 Å². The number of piperidine rings is 1. The van der Waals surface area contributed by atoms with Gasteiger partial charge in [-0.2, -0.15) is 0 Å². The van der Waals surface area contributed by atoms with E-state index < -0.39 is 0 Å². The van der Waals surface area contributed by atoms with Crippen molar-refractivity contribution in [1.82, 2.24) is 4.90 Å². The van der Waals surface area contributed by atoms with Crippen LogP contribution in [0.1, 0.15) is 51.9 Å². The molecule has 90 valence electrons. The Bertz CT molecular complexity index is 132. The second-order valence-electron chi connectivity index (χ2n) is 4.58. The highest BCUT2D eigenvalue weighted by molar-refractivity contribution is 4.64. The Kier molecular flexibility index (Phi) is 7.94. The maximum absolute atomic E-state index is 5.46. The third kappa shape index (κ3) is 6.91. The molecule has 1 saturated heterocycles. The highest BCUT2D eigenvalue weighted by Gasteiger charge is 2.08. The van der Waals surface area contributed by atoms with E-state index in [1.807, 2.05) is 0 Å². The highest BCUT2D eigenvalue weighted by atomic mass is 16.5. The molecular weight excluding hydrogens is 186 g/mol. The molecule has 0 aromatic heterocycles. The number of hydrogen-bond acceptors (Lipinski definition) is 2. The van der Waals surface area contributed by atoms with Gasteiger partial charge in [-0.25, -0.2) is 0 Å². The fourth-order valence-corrected chi connectivity index (χ4v) is 2.15. The molecule has 0 saturated carbocycles. The van der Waals surface area contributed by atoms with Crippen LogP contribution in [0.25, 0.3) is 0 Å². The molecule has 1 heterocycles. The summed E-state index contributed by atoms with van der Waals surface area (Å²) in [6.45, 7) is 8.06. The first-order valence-electron chi connectivity index (χ1n) is 6.73. The Balaban J connectivity index is 1.79. The maximum atomic E-state index is 5.46. The van der Waals surface area contributed by atoms with Crippen LogP contribution in [0.5, 0.6) is 0 Å². The van der Waals surface area contributed by atoms with E-state index in [1.165, 1.54) is 58.2 Å². The summed E-state index contributed by atoms with van der Waals surface area (Å²) in [5.41, 5.74) is 0. The van der Waals surface area contributed by atoms with Crippen LogP contribution >= 0.6 is 0 Å². The van der Waals surface area contributed by atoms with Gasteiger partial charge in [-0.3, -0.25) is 0 Å². The van der Waals surface area contributed by atoms with Crippen LogP contribution in [-0.4, -0.2) is 37.7 Å². The zero-order valence-electron chi connectivity index (χ0n) is 10.3. The largest absolute Gasteiger partial charge is 0.381 e. The Hall–Kier alpha value is -0.0800. The Morgan fingerprint density at radius 3 is 2.47 bits per heavy atom. The molecule has 1 fully saturated rings. The number of nitrogens with zero attached hydrogens (tertiary/aromatic N) is 1. The van der Waals surface area contributed by atoms with E-state index >= 15 is 0 Å². The fourth-order valence-electron chi connectivity index (χ4n) is 2.15. The summed E-state index contributed by atoms with van der Waals surface area (Å²) in [4.78, 5) is 2.62. The average Bonchev–Trinajstić information content (AvgIpc) is 2.29. The van der Waals surface area contributed by atoms with Crippen molar-refractivity contribution in [3.05, 3.63) is 0 Å². The van der Waals surface area contributed by atoms with Gasteiger partial charge in [-0.1, -0.05) is 13.3 Å². The molecule has 0 aromatic rings. The predicted molar refractivity (Wildman–Crippen MR) is 65.3 cm³/mol. The van der Waals surface area contributed by atoms with Crippen LogP contribution in [-0.2, 0) is 4.74 Å². The van der Waals surface area contributed by atoms with Crippen molar-refractivity contribution in [2.45, 2.75) is 51.9 Å². The zero-order chi connectivity index (χ0) is 10.8. The van der Waals surface area contributed by atoms with Crippen LogP contribution in [0.2, 0.25) is 0 Å². The number of hydrogen-bond donors (Lipinski definition) is 0. The van der Waals surface area contributed by atoms with Crippen molar-refractivity contribution in [3.63, 3.8) is 0 Å². The second kappa shape index (κ2) is 9.17. The number of ether oxygens (including phenoxy) is 1. The molecule has 0 aliphatic carbocycles. The molecule has 15 heavy (non-hydrogen) atoms. The van der Waals surface area contributed by atoms with E-state index in [9.17, 15) is 0 Å². The Morgan fingerprint density at radius 2 is 1.73 bits per heavy atom. The van der Waals surface area contributed by atoms with Crippen molar-refractivity contribution >= 4 is 0 Å². The van der Waals surface area contributed by atoms with E-state index in [1.54, 1.807) is 0 Å². The normalized spacial score (nSPS) is 18.2. The van der Waals surface area contributed by atoms with Crippen LogP contribution in [0.15, 0.2) is 0 Å². The standard InChI is InChI=1S/C13H27NO/c1-2-12-15-13-8-4-7-11-14-9-5-3-6-10-14/h2-13H2,1H3. The molecule has 0 amide bonds. The van der Waals surface area contributed by atoms with Crippen LogP contribution in [0, 0.1) is 0 Å². The minimum atomic E-state index is 0.937. The van der Waals surface area contributed by atoms with E-state index in [0.29, 0.717) is 0 Å². The summed E-state index contributed by atoms with van der Waals surface area (Å²) in [7, 11) is 0. The van der Waals surface area contributed by atoms with Gasteiger partial charge in [0.2, 0.25) is 0 Å². The van der Waals surface area contributed by atoms with Crippen molar-refractivity contribution in [1.29, 1.82) is 0 Å². The molecular formula is C13H27NO. The van der Waals surface area contributed by atoms with E-state index in [-0.39, 0.29) is 0 Å². The van der Waals surface area contributed by atoms with Gasteiger partial charge in [0.05, 0.1) is 0 Å². The summed E-state index contributed by atoms with van der Waals surface area (Å²) in [6, 6.07) is 0.